The molecule has 2 aliphatic carbocycles. The summed E-state index contributed by atoms with van der Waals surface area (Å²) in [6, 6.07) is 0.729. The first-order valence-corrected chi connectivity index (χ1v) is 8.26. The lowest BCUT2D eigenvalue weighted by Crippen LogP contribution is -2.44. The molecule has 0 bridgehead atoms. The van der Waals surface area contributed by atoms with Crippen molar-refractivity contribution < 1.29 is 4.79 Å². The largest absolute Gasteiger partial charge is 0.353 e. The second-order valence-electron chi connectivity index (χ2n) is 6.53. The van der Waals surface area contributed by atoms with E-state index in [1.165, 1.54) is 32.1 Å². The maximum absolute atomic E-state index is 12.4. The Bertz CT molecular complexity index is 278. The van der Waals surface area contributed by atoms with Gasteiger partial charge in [-0.3, -0.25) is 4.79 Å². The Kier molecular flexibility index (Phi) is 5.68. The second kappa shape index (κ2) is 7.28. The molecular formula is C16H30N2O. The maximum Gasteiger partial charge on any atom is 0.223 e. The topological polar surface area (TPSA) is 55.1 Å². The SMILES string of the molecule is CCC(NC(=O)C1CCC(N)CC1)C1CCCCC1. The third kappa shape index (κ3) is 4.20. The molecular weight excluding hydrogens is 236 g/mol. The summed E-state index contributed by atoms with van der Waals surface area (Å²) in [7, 11) is 0. The van der Waals surface area contributed by atoms with E-state index in [0.29, 0.717) is 23.9 Å². The summed E-state index contributed by atoms with van der Waals surface area (Å²) >= 11 is 0. The molecule has 2 fully saturated rings. The van der Waals surface area contributed by atoms with Crippen molar-refractivity contribution in [1.29, 1.82) is 0 Å². The van der Waals surface area contributed by atoms with Crippen LogP contribution in [0.1, 0.15) is 71.1 Å². The van der Waals surface area contributed by atoms with Crippen LogP contribution in [-0.4, -0.2) is 18.0 Å². The average Bonchev–Trinajstić information content (AvgIpc) is 2.46. The Morgan fingerprint density at radius 2 is 1.74 bits per heavy atom. The molecule has 19 heavy (non-hydrogen) atoms. The zero-order valence-electron chi connectivity index (χ0n) is 12.4. The van der Waals surface area contributed by atoms with Crippen LogP contribution < -0.4 is 11.1 Å². The summed E-state index contributed by atoms with van der Waals surface area (Å²) in [6.45, 7) is 2.20. The molecule has 0 spiro atoms. The zero-order valence-corrected chi connectivity index (χ0v) is 12.4. The predicted molar refractivity (Wildman–Crippen MR) is 78.7 cm³/mol. The van der Waals surface area contributed by atoms with Gasteiger partial charge in [-0.15, -0.1) is 0 Å². The van der Waals surface area contributed by atoms with Gasteiger partial charge in [-0.25, -0.2) is 0 Å². The average molecular weight is 266 g/mol. The van der Waals surface area contributed by atoms with E-state index in [-0.39, 0.29) is 5.92 Å². The fraction of sp³-hybridized carbons (Fsp3) is 0.938. The molecule has 2 aliphatic rings. The van der Waals surface area contributed by atoms with Gasteiger partial charge < -0.3 is 11.1 Å². The number of rotatable bonds is 4. The molecule has 0 heterocycles. The summed E-state index contributed by atoms with van der Waals surface area (Å²) in [5.41, 5.74) is 5.91. The van der Waals surface area contributed by atoms with E-state index in [4.69, 9.17) is 5.73 Å². The smallest absolute Gasteiger partial charge is 0.223 e. The summed E-state index contributed by atoms with van der Waals surface area (Å²) in [4.78, 5) is 12.4. The molecule has 3 heteroatoms. The second-order valence-corrected chi connectivity index (χ2v) is 6.53. The van der Waals surface area contributed by atoms with E-state index >= 15 is 0 Å². The van der Waals surface area contributed by atoms with Crippen LogP contribution in [0.3, 0.4) is 0 Å². The standard InChI is InChI=1S/C16H30N2O/c1-2-15(12-6-4-3-5-7-12)18-16(19)13-8-10-14(17)11-9-13/h12-15H,2-11,17H2,1H3,(H,18,19). The number of hydrogen-bond donors (Lipinski definition) is 2. The highest BCUT2D eigenvalue weighted by Crippen LogP contribution is 2.29. The Labute approximate surface area is 117 Å². The number of carbonyl (C=O) groups excluding carboxylic acids is 1. The van der Waals surface area contributed by atoms with Crippen LogP contribution in [0.4, 0.5) is 0 Å². The predicted octanol–water partition coefficient (Wildman–Crippen LogP) is 2.98. The summed E-state index contributed by atoms with van der Waals surface area (Å²) in [6.07, 6.45) is 11.7. The zero-order chi connectivity index (χ0) is 13.7. The van der Waals surface area contributed by atoms with Crippen molar-refractivity contribution in [3.05, 3.63) is 0 Å². The molecule has 2 rings (SSSR count). The quantitative estimate of drug-likeness (QED) is 0.822. The summed E-state index contributed by atoms with van der Waals surface area (Å²) in [5, 5.41) is 3.34. The first kappa shape index (κ1) is 14.8. The van der Waals surface area contributed by atoms with Gasteiger partial charge in [0.25, 0.3) is 0 Å². The lowest BCUT2D eigenvalue weighted by molar-refractivity contribution is -0.127. The molecule has 3 N–H and O–H groups in total. The Balaban J connectivity index is 1.81. The fourth-order valence-electron chi connectivity index (χ4n) is 3.77. The highest BCUT2D eigenvalue weighted by Gasteiger charge is 2.28. The van der Waals surface area contributed by atoms with Crippen LogP contribution in [-0.2, 0) is 4.79 Å². The molecule has 0 aromatic heterocycles. The van der Waals surface area contributed by atoms with E-state index in [0.717, 1.165) is 32.1 Å². The van der Waals surface area contributed by atoms with Crippen molar-refractivity contribution in [2.24, 2.45) is 17.6 Å². The van der Waals surface area contributed by atoms with E-state index in [1.807, 2.05) is 0 Å². The van der Waals surface area contributed by atoms with Crippen molar-refractivity contribution in [3.8, 4) is 0 Å². The first-order chi connectivity index (χ1) is 9.20. The van der Waals surface area contributed by atoms with Gasteiger partial charge in [0.15, 0.2) is 0 Å². The minimum atomic E-state index is 0.220. The van der Waals surface area contributed by atoms with Gasteiger partial charge in [0.1, 0.15) is 0 Å². The van der Waals surface area contributed by atoms with Gasteiger partial charge >= 0.3 is 0 Å². The molecule has 0 aromatic rings. The van der Waals surface area contributed by atoms with Crippen molar-refractivity contribution in [3.63, 3.8) is 0 Å². The highest BCUT2D eigenvalue weighted by molar-refractivity contribution is 5.79. The summed E-state index contributed by atoms with van der Waals surface area (Å²) < 4.78 is 0. The molecule has 0 aromatic carbocycles. The number of hydrogen-bond acceptors (Lipinski definition) is 2. The van der Waals surface area contributed by atoms with E-state index in [2.05, 4.69) is 12.2 Å². The van der Waals surface area contributed by atoms with Crippen LogP contribution in [0.2, 0.25) is 0 Å². The van der Waals surface area contributed by atoms with Crippen molar-refractivity contribution in [2.75, 3.05) is 0 Å². The minimum absolute atomic E-state index is 0.220. The van der Waals surface area contributed by atoms with Gasteiger partial charge in [0.05, 0.1) is 0 Å². The number of nitrogens with one attached hydrogen (secondary N) is 1. The first-order valence-electron chi connectivity index (χ1n) is 8.26. The van der Waals surface area contributed by atoms with Crippen LogP contribution in [0.25, 0.3) is 0 Å². The van der Waals surface area contributed by atoms with Gasteiger partial charge in [0, 0.05) is 18.0 Å². The summed E-state index contributed by atoms with van der Waals surface area (Å²) in [5.74, 6) is 1.23. The fourth-order valence-corrected chi connectivity index (χ4v) is 3.77. The Morgan fingerprint density at radius 1 is 1.11 bits per heavy atom. The van der Waals surface area contributed by atoms with Crippen LogP contribution >= 0.6 is 0 Å². The maximum atomic E-state index is 12.4. The van der Waals surface area contributed by atoms with E-state index in [1.54, 1.807) is 0 Å². The van der Waals surface area contributed by atoms with E-state index < -0.39 is 0 Å². The molecule has 1 amide bonds. The molecule has 3 nitrogen and oxygen atoms in total. The molecule has 1 atom stereocenters. The lowest BCUT2D eigenvalue weighted by atomic mass is 9.81. The third-order valence-corrected chi connectivity index (χ3v) is 5.13. The number of nitrogens with two attached hydrogens (primary N) is 1. The third-order valence-electron chi connectivity index (χ3n) is 5.13. The van der Waals surface area contributed by atoms with Crippen LogP contribution in [0.15, 0.2) is 0 Å². The van der Waals surface area contributed by atoms with E-state index in [9.17, 15) is 4.79 Å². The monoisotopic (exact) mass is 266 g/mol. The highest BCUT2D eigenvalue weighted by atomic mass is 16.1. The minimum Gasteiger partial charge on any atom is -0.353 e. The van der Waals surface area contributed by atoms with Crippen LogP contribution in [0, 0.1) is 11.8 Å². The van der Waals surface area contributed by atoms with Crippen molar-refractivity contribution in [2.45, 2.75) is 83.2 Å². The van der Waals surface area contributed by atoms with Crippen molar-refractivity contribution >= 4 is 5.91 Å². The Hall–Kier alpha value is -0.570. The lowest BCUT2D eigenvalue weighted by Gasteiger charge is -2.32. The normalized spacial score (nSPS) is 30.8. The Morgan fingerprint density at radius 3 is 2.32 bits per heavy atom. The van der Waals surface area contributed by atoms with Gasteiger partial charge in [-0.2, -0.15) is 0 Å². The molecule has 0 radical (unpaired) electrons. The number of carbonyl (C=O) groups is 1. The molecule has 0 aliphatic heterocycles. The van der Waals surface area contributed by atoms with Gasteiger partial charge in [-0.1, -0.05) is 26.2 Å². The molecule has 2 saturated carbocycles. The van der Waals surface area contributed by atoms with Gasteiger partial charge in [0.2, 0.25) is 5.91 Å². The molecule has 1 unspecified atom stereocenters. The van der Waals surface area contributed by atoms with Gasteiger partial charge in [-0.05, 0) is 50.9 Å². The van der Waals surface area contributed by atoms with Crippen LogP contribution in [0.5, 0.6) is 0 Å². The van der Waals surface area contributed by atoms with Crippen molar-refractivity contribution in [1.82, 2.24) is 5.32 Å². The molecule has 110 valence electrons. The molecule has 0 saturated heterocycles. The number of amides is 1.